The third-order valence-electron chi connectivity index (χ3n) is 2.84. The van der Waals surface area contributed by atoms with Crippen molar-refractivity contribution in [3.63, 3.8) is 0 Å². The number of nitrogens with two attached hydrogens (primary N) is 1. The molecule has 0 spiro atoms. The predicted molar refractivity (Wildman–Crippen MR) is 79.9 cm³/mol. The predicted octanol–water partition coefficient (Wildman–Crippen LogP) is 1.96. The smallest absolute Gasteiger partial charge is 0.258 e. The van der Waals surface area contributed by atoms with Gasteiger partial charge in [-0.2, -0.15) is 0 Å². The Bertz CT molecular complexity index is 433. The Hall–Kier alpha value is -1.26. The molecular weight excluding hydrogens is 264 g/mol. The third kappa shape index (κ3) is 5.94. The van der Waals surface area contributed by atoms with Gasteiger partial charge in [-0.05, 0) is 51.0 Å². The number of halogens is 1. The summed E-state index contributed by atoms with van der Waals surface area (Å²) in [5.41, 5.74) is 7.50. The van der Waals surface area contributed by atoms with Crippen LogP contribution in [-0.2, 0) is 4.79 Å². The Kier molecular flexibility index (Phi) is 6.87. The Balaban J connectivity index is 0.00000324. The zero-order valence-corrected chi connectivity index (χ0v) is 12.8. The Morgan fingerprint density at radius 1 is 1.32 bits per heavy atom. The lowest BCUT2D eigenvalue weighted by Crippen LogP contribution is -2.50. The molecule has 1 rings (SSSR count). The van der Waals surface area contributed by atoms with Crippen molar-refractivity contribution < 1.29 is 9.53 Å². The number of aryl methyl sites for hydroxylation is 2. The quantitative estimate of drug-likeness (QED) is 0.870. The highest BCUT2D eigenvalue weighted by molar-refractivity contribution is 5.85. The van der Waals surface area contributed by atoms with E-state index in [4.69, 9.17) is 10.5 Å². The molecule has 1 aromatic carbocycles. The number of hydrogen-bond donors (Lipinski definition) is 2. The van der Waals surface area contributed by atoms with Crippen molar-refractivity contribution in [1.29, 1.82) is 0 Å². The van der Waals surface area contributed by atoms with Gasteiger partial charge in [0.25, 0.3) is 5.91 Å². The lowest BCUT2D eigenvalue weighted by atomic mass is 10.1. The largest absolute Gasteiger partial charge is 0.484 e. The highest BCUT2D eigenvalue weighted by Crippen LogP contribution is 2.16. The molecule has 1 amide bonds. The Morgan fingerprint density at radius 2 is 1.95 bits per heavy atom. The van der Waals surface area contributed by atoms with Gasteiger partial charge in [0.05, 0.1) is 0 Å². The molecule has 0 fully saturated rings. The maximum absolute atomic E-state index is 11.7. The van der Waals surface area contributed by atoms with Crippen molar-refractivity contribution in [3.05, 3.63) is 29.3 Å². The molecule has 0 aromatic heterocycles. The molecule has 0 bridgehead atoms. The SMILES string of the molecule is Cc1ccc(OCC(=O)NC(C)(C)CN)cc1C.Cl. The fraction of sp³-hybridized carbons (Fsp3) is 0.500. The second-order valence-electron chi connectivity index (χ2n) is 5.17. The number of nitrogens with one attached hydrogen (secondary N) is 1. The second kappa shape index (κ2) is 7.36. The zero-order valence-electron chi connectivity index (χ0n) is 11.9. The molecule has 5 heteroatoms. The first-order chi connectivity index (χ1) is 8.34. The van der Waals surface area contributed by atoms with Crippen molar-refractivity contribution in [2.24, 2.45) is 5.73 Å². The van der Waals surface area contributed by atoms with Crippen LogP contribution in [0.1, 0.15) is 25.0 Å². The molecule has 0 aliphatic heterocycles. The molecule has 0 atom stereocenters. The van der Waals surface area contributed by atoms with Crippen LogP contribution in [0.5, 0.6) is 5.75 Å². The van der Waals surface area contributed by atoms with Crippen LogP contribution >= 0.6 is 12.4 Å². The number of carbonyl (C=O) groups excluding carboxylic acids is 1. The van der Waals surface area contributed by atoms with Gasteiger partial charge in [-0.1, -0.05) is 6.07 Å². The van der Waals surface area contributed by atoms with Gasteiger partial charge in [-0.3, -0.25) is 4.79 Å². The molecule has 108 valence electrons. The maximum Gasteiger partial charge on any atom is 0.258 e. The lowest BCUT2D eigenvalue weighted by Gasteiger charge is -2.24. The van der Waals surface area contributed by atoms with Gasteiger partial charge in [0.2, 0.25) is 0 Å². The van der Waals surface area contributed by atoms with Crippen molar-refractivity contribution >= 4 is 18.3 Å². The van der Waals surface area contributed by atoms with Crippen LogP contribution in [0, 0.1) is 13.8 Å². The minimum Gasteiger partial charge on any atom is -0.484 e. The first-order valence-electron chi connectivity index (χ1n) is 6.05. The summed E-state index contributed by atoms with van der Waals surface area (Å²) in [6.07, 6.45) is 0. The number of ether oxygens (including phenoxy) is 1. The van der Waals surface area contributed by atoms with Crippen LogP contribution in [0.2, 0.25) is 0 Å². The summed E-state index contributed by atoms with van der Waals surface area (Å²) in [4.78, 5) is 11.7. The van der Waals surface area contributed by atoms with E-state index in [1.54, 1.807) is 0 Å². The molecule has 4 nitrogen and oxygen atoms in total. The molecule has 0 heterocycles. The van der Waals surface area contributed by atoms with E-state index in [1.807, 2.05) is 45.9 Å². The van der Waals surface area contributed by atoms with Crippen molar-refractivity contribution in [2.75, 3.05) is 13.2 Å². The lowest BCUT2D eigenvalue weighted by molar-refractivity contribution is -0.124. The zero-order chi connectivity index (χ0) is 13.8. The average molecular weight is 287 g/mol. The van der Waals surface area contributed by atoms with Gasteiger partial charge in [0, 0.05) is 12.1 Å². The summed E-state index contributed by atoms with van der Waals surface area (Å²) in [5.74, 6) is 0.544. The summed E-state index contributed by atoms with van der Waals surface area (Å²) in [6.45, 7) is 8.20. The normalized spacial score (nSPS) is 10.6. The number of rotatable bonds is 5. The Labute approximate surface area is 121 Å². The highest BCUT2D eigenvalue weighted by Gasteiger charge is 2.18. The van der Waals surface area contributed by atoms with Gasteiger partial charge >= 0.3 is 0 Å². The summed E-state index contributed by atoms with van der Waals surface area (Å²) >= 11 is 0. The summed E-state index contributed by atoms with van der Waals surface area (Å²) in [7, 11) is 0. The minimum absolute atomic E-state index is 0. The van der Waals surface area contributed by atoms with E-state index in [0.29, 0.717) is 12.3 Å². The van der Waals surface area contributed by atoms with E-state index in [0.717, 1.165) is 5.56 Å². The third-order valence-corrected chi connectivity index (χ3v) is 2.84. The van der Waals surface area contributed by atoms with E-state index >= 15 is 0 Å². The van der Waals surface area contributed by atoms with Crippen LogP contribution < -0.4 is 15.8 Å². The monoisotopic (exact) mass is 286 g/mol. The molecule has 0 saturated heterocycles. The second-order valence-corrected chi connectivity index (χ2v) is 5.17. The molecule has 0 radical (unpaired) electrons. The number of benzene rings is 1. The van der Waals surface area contributed by atoms with Gasteiger partial charge < -0.3 is 15.8 Å². The van der Waals surface area contributed by atoms with Crippen LogP contribution in [0.3, 0.4) is 0 Å². The van der Waals surface area contributed by atoms with E-state index in [9.17, 15) is 4.79 Å². The van der Waals surface area contributed by atoms with Gasteiger partial charge in [0.15, 0.2) is 6.61 Å². The molecule has 1 aromatic rings. The standard InChI is InChI=1S/C14H22N2O2.ClH/c1-10-5-6-12(7-11(10)2)18-8-13(17)16-14(3,4)9-15;/h5-7H,8-9,15H2,1-4H3,(H,16,17);1H. The van der Waals surface area contributed by atoms with Crippen molar-refractivity contribution in [2.45, 2.75) is 33.2 Å². The molecule has 19 heavy (non-hydrogen) atoms. The topological polar surface area (TPSA) is 64.3 Å². The average Bonchev–Trinajstić information content (AvgIpc) is 2.30. The van der Waals surface area contributed by atoms with E-state index in [-0.39, 0.29) is 24.9 Å². The minimum atomic E-state index is -0.399. The maximum atomic E-state index is 11.7. The highest BCUT2D eigenvalue weighted by atomic mass is 35.5. The van der Waals surface area contributed by atoms with Gasteiger partial charge in [0.1, 0.15) is 5.75 Å². The Morgan fingerprint density at radius 3 is 2.47 bits per heavy atom. The molecule has 0 saturated carbocycles. The fourth-order valence-corrected chi connectivity index (χ4v) is 1.42. The van der Waals surface area contributed by atoms with Gasteiger partial charge in [-0.15, -0.1) is 12.4 Å². The van der Waals surface area contributed by atoms with E-state index in [2.05, 4.69) is 5.32 Å². The van der Waals surface area contributed by atoms with Crippen LogP contribution in [0.15, 0.2) is 18.2 Å². The van der Waals surface area contributed by atoms with Crippen LogP contribution in [0.4, 0.5) is 0 Å². The van der Waals surface area contributed by atoms with Crippen LogP contribution in [-0.4, -0.2) is 24.6 Å². The molecule has 0 aliphatic carbocycles. The molecule has 0 unspecified atom stereocenters. The van der Waals surface area contributed by atoms with E-state index in [1.165, 1.54) is 5.56 Å². The van der Waals surface area contributed by atoms with Gasteiger partial charge in [-0.25, -0.2) is 0 Å². The van der Waals surface area contributed by atoms with Crippen molar-refractivity contribution in [1.82, 2.24) is 5.32 Å². The van der Waals surface area contributed by atoms with Crippen molar-refractivity contribution in [3.8, 4) is 5.75 Å². The van der Waals surface area contributed by atoms with Crippen LogP contribution in [0.25, 0.3) is 0 Å². The fourth-order valence-electron chi connectivity index (χ4n) is 1.42. The molecular formula is C14H23ClN2O2. The van der Waals surface area contributed by atoms with E-state index < -0.39 is 5.54 Å². The number of carbonyl (C=O) groups is 1. The summed E-state index contributed by atoms with van der Waals surface area (Å²) in [5, 5.41) is 2.81. The summed E-state index contributed by atoms with van der Waals surface area (Å²) < 4.78 is 5.44. The first kappa shape index (κ1) is 17.7. The first-order valence-corrected chi connectivity index (χ1v) is 6.05. The molecule has 3 N–H and O–H groups in total. The summed E-state index contributed by atoms with van der Waals surface area (Å²) in [6, 6.07) is 5.77. The number of amides is 1. The number of hydrogen-bond acceptors (Lipinski definition) is 3. The molecule has 0 aliphatic rings.